The van der Waals surface area contributed by atoms with Crippen LogP contribution in [0.15, 0.2) is 58.1 Å². The first kappa shape index (κ1) is 18.9. The first-order chi connectivity index (χ1) is 14.2. The molecular weight excluding hydrogens is 390 g/mol. The molecule has 0 aliphatic heterocycles. The Bertz CT molecular complexity index is 1090. The van der Waals surface area contributed by atoms with E-state index >= 15 is 0 Å². The number of amides is 1. The molecule has 0 aromatic carbocycles. The van der Waals surface area contributed by atoms with Gasteiger partial charge < -0.3 is 14.6 Å². The number of thiophene rings is 1. The largest absolute Gasteiger partial charge is 0.481 e. The molecule has 4 heterocycles. The Kier molecular flexibility index (Phi) is 5.39. The lowest BCUT2D eigenvalue weighted by Gasteiger charge is -2.20. The summed E-state index contributed by atoms with van der Waals surface area (Å²) in [5, 5.41) is 15.2. The second kappa shape index (κ2) is 8.27. The summed E-state index contributed by atoms with van der Waals surface area (Å²) in [6.07, 6.45) is 5.52. The number of carbonyl (C=O) groups is 1. The topological polar surface area (TPSA) is 95.1 Å². The first-order valence-electron chi connectivity index (χ1n) is 8.91. The Morgan fingerprint density at radius 2 is 2.24 bits per heavy atom. The van der Waals surface area contributed by atoms with E-state index in [-0.39, 0.29) is 17.6 Å². The van der Waals surface area contributed by atoms with Crippen LogP contribution < -0.4 is 10.1 Å². The summed E-state index contributed by atoms with van der Waals surface area (Å²) in [5.41, 5.74) is 2.76. The van der Waals surface area contributed by atoms with Gasteiger partial charge in [0.15, 0.2) is 11.5 Å². The third-order valence-corrected chi connectivity index (χ3v) is 5.17. The van der Waals surface area contributed by atoms with E-state index < -0.39 is 0 Å². The van der Waals surface area contributed by atoms with Crippen molar-refractivity contribution in [3.63, 3.8) is 0 Å². The van der Waals surface area contributed by atoms with E-state index in [9.17, 15) is 4.79 Å². The van der Waals surface area contributed by atoms with Crippen LogP contribution in [-0.2, 0) is 13.5 Å². The Morgan fingerprint density at radius 3 is 2.97 bits per heavy atom. The molecule has 1 unspecified atom stereocenters. The van der Waals surface area contributed by atoms with Crippen molar-refractivity contribution in [1.82, 2.24) is 25.2 Å². The smallest absolute Gasteiger partial charge is 0.273 e. The minimum Gasteiger partial charge on any atom is -0.481 e. The molecule has 0 saturated carbocycles. The summed E-state index contributed by atoms with van der Waals surface area (Å²) in [5.74, 6) is 0.643. The van der Waals surface area contributed by atoms with E-state index in [4.69, 9.17) is 9.26 Å². The molecular formula is C20H19N5O3S. The van der Waals surface area contributed by atoms with Crippen LogP contribution in [0, 0.1) is 0 Å². The summed E-state index contributed by atoms with van der Waals surface area (Å²) in [4.78, 5) is 17.5. The minimum absolute atomic E-state index is 0.266. The van der Waals surface area contributed by atoms with E-state index in [2.05, 4.69) is 25.9 Å². The van der Waals surface area contributed by atoms with Gasteiger partial charge in [0.25, 0.3) is 5.91 Å². The van der Waals surface area contributed by atoms with Gasteiger partial charge in [0, 0.05) is 31.1 Å². The average molecular weight is 409 g/mol. The normalized spacial score (nSPS) is 11.9. The van der Waals surface area contributed by atoms with Crippen LogP contribution in [0.2, 0.25) is 0 Å². The third-order valence-electron chi connectivity index (χ3n) is 4.44. The second-order valence-electron chi connectivity index (χ2n) is 6.41. The van der Waals surface area contributed by atoms with Crippen LogP contribution in [0.3, 0.4) is 0 Å². The molecule has 1 N–H and O–H groups in total. The Labute approximate surface area is 171 Å². The summed E-state index contributed by atoms with van der Waals surface area (Å²) in [6, 6.07) is 7.11. The number of aryl methyl sites for hydroxylation is 1. The van der Waals surface area contributed by atoms with Gasteiger partial charge >= 0.3 is 0 Å². The van der Waals surface area contributed by atoms with Crippen molar-refractivity contribution < 1.29 is 14.1 Å². The number of nitrogens with zero attached hydrogens (tertiary/aromatic N) is 4. The molecule has 0 radical (unpaired) electrons. The third kappa shape index (κ3) is 4.04. The molecule has 0 bridgehead atoms. The van der Waals surface area contributed by atoms with Gasteiger partial charge in [0.05, 0.1) is 24.9 Å². The fourth-order valence-corrected chi connectivity index (χ4v) is 3.82. The zero-order valence-electron chi connectivity index (χ0n) is 15.9. The number of rotatable bonds is 7. The summed E-state index contributed by atoms with van der Waals surface area (Å²) >= 11 is 1.61. The van der Waals surface area contributed by atoms with Gasteiger partial charge in [-0.1, -0.05) is 11.2 Å². The van der Waals surface area contributed by atoms with Crippen molar-refractivity contribution >= 4 is 17.2 Å². The van der Waals surface area contributed by atoms with Crippen LogP contribution in [0.1, 0.15) is 27.7 Å². The van der Waals surface area contributed by atoms with E-state index in [1.165, 1.54) is 6.20 Å². The number of nitrogens with one attached hydrogen (secondary N) is 1. The van der Waals surface area contributed by atoms with Crippen molar-refractivity contribution in [2.75, 3.05) is 7.11 Å². The number of ether oxygens (including phenoxy) is 1. The van der Waals surface area contributed by atoms with Crippen molar-refractivity contribution in [3.05, 3.63) is 70.4 Å². The molecule has 4 rings (SSSR count). The van der Waals surface area contributed by atoms with Crippen molar-refractivity contribution in [2.45, 2.75) is 12.5 Å². The lowest BCUT2D eigenvalue weighted by atomic mass is 10.0. The van der Waals surface area contributed by atoms with Gasteiger partial charge in [-0.15, -0.1) is 0 Å². The maximum atomic E-state index is 13.2. The number of methoxy groups -OCH3 is 1. The van der Waals surface area contributed by atoms with E-state index in [1.807, 2.05) is 23.6 Å². The number of aromatic nitrogens is 4. The van der Waals surface area contributed by atoms with Crippen LogP contribution in [0.4, 0.5) is 0 Å². The molecule has 4 aromatic rings. The van der Waals surface area contributed by atoms with E-state index in [1.54, 1.807) is 48.6 Å². The zero-order valence-corrected chi connectivity index (χ0v) is 16.7. The first-order valence-corrected chi connectivity index (χ1v) is 9.85. The van der Waals surface area contributed by atoms with Gasteiger partial charge in [-0.3, -0.25) is 9.48 Å². The van der Waals surface area contributed by atoms with Gasteiger partial charge in [0.2, 0.25) is 5.88 Å². The molecule has 0 fully saturated rings. The highest BCUT2D eigenvalue weighted by atomic mass is 32.1. The van der Waals surface area contributed by atoms with Crippen molar-refractivity contribution in [2.24, 2.45) is 7.05 Å². The zero-order chi connectivity index (χ0) is 20.2. The molecule has 0 spiro atoms. The fraction of sp³-hybridized carbons (Fsp3) is 0.200. The highest BCUT2D eigenvalue weighted by Crippen LogP contribution is 2.28. The molecule has 4 aromatic heterocycles. The van der Waals surface area contributed by atoms with Crippen LogP contribution >= 0.6 is 11.3 Å². The lowest BCUT2D eigenvalue weighted by Crippen LogP contribution is -2.31. The minimum atomic E-state index is -0.342. The van der Waals surface area contributed by atoms with Crippen LogP contribution in [0.25, 0.3) is 11.3 Å². The lowest BCUT2D eigenvalue weighted by molar-refractivity contribution is 0.0930. The highest BCUT2D eigenvalue weighted by Gasteiger charge is 2.25. The van der Waals surface area contributed by atoms with Gasteiger partial charge in [0.1, 0.15) is 0 Å². The SMILES string of the molecule is COc1ncccc1C(Cc1ccsc1)NC(=O)c1nn(C)cc1-c1ccno1. The highest BCUT2D eigenvalue weighted by molar-refractivity contribution is 7.07. The molecule has 0 aliphatic rings. The summed E-state index contributed by atoms with van der Waals surface area (Å²) < 4.78 is 12.2. The molecule has 1 atom stereocenters. The maximum Gasteiger partial charge on any atom is 0.273 e. The second-order valence-corrected chi connectivity index (χ2v) is 7.19. The Morgan fingerprint density at radius 1 is 1.34 bits per heavy atom. The molecule has 8 nitrogen and oxygen atoms in total. The molecule has 148 valence electrons. The van der Waals surface area contributed by atoms with Crippen molar-refractivity contribution in [3.8, 4) is 17.2 Å². The molecule has 1 amide bonds. The van der Waals surface area contributed by atoms with Crippen LogP contribution in [0.5, 0.6) is 5.88 Å². The molecule has 9 heteroatoms. The van der Waals surface area contributed by atoms with E-state index in [0.29, 0.717) is 23.6 Å². The number of pyridine rings is 1. The quantitative estimate of drug-likeness (QED) is 0.503. The Hall–Kier alpha value is -3.46. The van der Waals surface area contributed by atoms with Gasteiger partial charge in [-0.05, 0) is 34.9 Å². The predicted octanol–water partition coefficient (Wildman–Crippen LogP) is 3.25. The average Bonchev–Trinajstić information content (AvgIpc) is 3.49. The predicted molar refractivity (Wildman–Crippen MR) is 108 cm³/mol. The maximum absolute atomic E-state index is 13.2. The molecule has 0 aliphatic carbocycles. The van der Waals surface area contributed by atoms with Gasteiger partial charge in [-0.25, -0.2) is 4.98 Å². The van der Waals surface area contributed by atoms with Gasteiger partial charge in [-0.2, -0.15) is 16.4 Å². The standard InChI is InChI=1S/C20H19N5O3S/c1-25-11-15(17-5-8-22-28-17)18(24-25)19(26)23-16(10-13-6-9-29-12-13)14-4-3-7-21-20(14)27-2/h3-9,11-12,16H,10H2,1-2H3,(H,23,26). The number of hydrogen-bond donors (Lipinski definition) is 1. The summed E-state index contributed by atoms with van der Waals surface area (Å²) in [7, 11) is 3.32. The summed E-state index contributed by atoms with van der Waals surface area (Å²) in [6.45, 7) is 0. The monoisotopic (exact) mass is 409 g/mol. The van der Waals surface area contributed by atoms with E-state index in [0.717, 1.165) is 11.1 Å². The number of hydrogen-bond acceptors (Lipinski definition) is 7. The Balaban J connectivity index is 1.67. The van der Waals surface area contributed by atoms with Crippen LogP contribution in [-0.4, -0.2) is 32.9 Å². The molecule has 29 heavy (non-hydrogen) atoms. The van der Waals surface area contributed by atoms with Crippen molar-refractivity contribution in [1.29, 1.82) is 0 Å². The molecule has 0 saturated heterocycles. The number of carbonyl (C=O) groups excluding carboxylic acids is 1. The fourth-order valence-electron chi connectivity index (χ4n) is 3.14.